The van der Waals surface area contributed by atoms with Crippen molar-refractivity contribution in [2.45, 2.75) is 25.3 Å². The number of nitrogens with one attached hydrogen (secondary N) is 1. The maximum atomic E-state index is 4.36. The standard InChI is InChI=1S/C15H18BrN3/c16-14-7-2-1-6-13(14)15-10-18-11-19(15)12-5-3-4-8-17-9-12/h1-2,6-7,10-12,17H,3-5,8-9H2. The largest absolute Gasteiger partial charge is 0.326 e. The average molecular weight is 320 g/mol. The lowest BCUT2D eigenvalue weighted by molar-refractivity contribution is 0.464. The summed E-state index contributed by atoms with van der Waals surface area (Å²) in [5.74, 6) is 0. The molecule has 0 aliphatic carbocycles. The third kappa shape index (κ3) is 2.74. The zero-order valence-corrected chi connectivity index (χ0v) is 12.4. The molecule has 1 saturated heterocycles. The summed E-state index contributed by atoms with van der Waals surface area (Å²) in [5, 5.41) is 3.52. The third-order valence-corrected chi connectivity index (χ3v) is 4.42. The van der Waals surface area contributed by atoms with Gasteiger partial charge >= 0.3 is 0 Å². The highest BCUT2D eigenvalue weighted by molar-refractivity contribution is 9.10. The van der Waals surface area contributed by atoms with Gasteiger partial charge in [0, 0.05) is 22.6 Å². The maximum absolute atomic E-state index is 4.36. The van der Waals surface area contributed by atoms with Crippen LogP contribution in [0.2, 0.25) is 0 Å². The Hall–Kier alpha value is -1.13. The number of halogens is 1. The van der Waals surface area contributed by atoms with Gasteiger partial charge in [0.05, 0.1) is 18.2 Å². The van der Waals surface area contributed by atoms with Crippen molar-refractivity contribution in [3.8, 4) is 11.3 Å². The van der Waals surface area contributed by atoms with Gasteiger partial charge in [-0.05, 0) is 25.5 Å². The first-order valence-electron chi connectivity index (χ1n) is 6.84. The third-order valence-electron chi connectivity index (χ3n) is 3.73. The second-order valence-electron chi connectivity index (χ2n) is 5.02. The maximum Gasteiger partial charge on any atom is 0.0954 e. The molecule has 0 radical (unpaired) electrons. The first-order chi connectivity index (χ1) is 9.36. The van der Waals surface area contributed by atoms with Gasteiger partial charge in [-0.1, -0.05) is 40.5 Å². The SMILES string of the molecule is Brc1ccccc1-c1cncn1C1CCCCNC1. The first-order valence-corrected chi connectivity index (χ1v) is 7.63. The van der Waals surface area contributed by atoms with Crippen molar-refractivity contribution in [3.05, 3.63) is 41.3 Å². The van der Waals surface area contributed by atoms with Crippen molar-refractivity contribution in [1.29, 1.82) is 0 Å². The van der Waals surface area contributed by atoms with Crippen molar-refractivity contribution in [1.82, 2.24) is 14.9 Å². The van der Waals surface area contributed by atoms with Crippen LogP contribution in [0.3, 0.4) is 0 Å². The number of imidazole rings is 1. The fourth-order valence-electron chi connectivity index (χ4n) is 2.71. The second-order valence-corrected chi connectivity index (χ2v) is 5.87. The summed E-state index contributed by atoms with van der Waals surface area (Å²) in [7, 11) is 0. The quantitative estimate of drug-likeness (QED) is 0.916. The number of rotatable bonds is 2. The van der Waals surface area contributed by atoms with E-state index in [9.17, 15) is 0 Å². The molecule has 0 bridgehead atoms. The van der Waals surface area contributed by atoms with E-state index in [1.165, 1.54) is 30.5 Å². The number of hydrogen-bond acceptors (Lipinski definition) is 2. The minimum absolute atomic E-state index is 0.507. The molecule has 1 aliphatic heterocycles. The van der Waals surface area contributed by atoms with Crippen LogP contribution < -0.4 is 5.32 Å². The van der Waals surface area contributed by atoms with E-state index < -0.39 is 0 Å². The normalized spacial score (nSPS) is 20.2. The van der Waals surface area contributed by atoms with Crippen LogP contribution >= 0.6 is 15.9 Å². The van der Waals surface area contributed by atoms with Crippen LogP contribution in [-0.4, -0.2) is 22.6 Å². The van der Waals surface area contributed by atoms with Crippen LogP contribution in [0.4, 0.5) is 0 Å². The van der Waals surface area contributed by atoms with Gasteiger partial charge in [-0.15, -0.1) is 0 Å². The van der Waals surface area contributed by atoms with Crippen molar-refractivity contribution in [2.24, 2.45) is 0 Å². The Labute approximate surface area is 122 Å². The van der Waals surface area contributed by atoms with Gasteiger partial charge in [-0.25, -0.2) is 4.98 Å². The van der Waals surface area contributed by atoms with Gasteiger partial charge < -0.3 is 9.88 Å². The van der Waals surface area contributed by atoms with Crippen LogP contribution in [0.25, 0.3) is 11.3 Å². The lowest BCUT2D eigenvalue weighted by atomic mass is 10.1. The Kier molecular flexibility index (Phi) is 3.99. The summed E-state index contributed by atoms with van der Waals surface area (Å²) in [5.41, 5.74) is 2.41. The summed E-state index contributed by atoms with van der Waals surface area (Å²) in [6.07, 6.45) is 7.71. The van der Waals surface area contributed by atoms with Crippen molar-refractivity contribution < 1.29 is 0 Å². The molecule has 100 valence electrons. The van der Waals surface area contributed by atoms with E-state index >= 15 is 0 Å². The van der Waals surface area contributed by atoms with Gasteiger partial charge in [0.1, 0.15) is 0 Å². The van der Waals surface area contributed by atoms with Crippen LogP contribution in [0.1, 0.15) is 25.3 Å². The molecule has 0 amide bonds. The van der Waals surface area contributed by atoms with Gasteiger partial charge in [0.25, 0.3) is 0 Å². The molecule has 1 fully saturated rings. The number of nitrogens with zero attached hydrogens (tertiary/aromatic N) is 2. The average Bonchev–Trinajstić information content (AvgIpc) is 2.74. The summed E-state index contributed by atoms with van der Waals surface area (Å²) >= 11 is 3.63. The molecule has 4 heteroatoms. The molecule has 19 heavy (non-hydrogen) atoms. The van der Waals surface area contributed by atoms with Gasteiger partial charge in [0.15, 0.2) is 0 Å². The number of hydrogen-bond donors (Lipinski definition) is 1. The van der Waals surface area contributed by atoms with E-state index in [0.29, 0.717) is 6.04 Å². The molecule has 1 unspecified atom stereocenters. The van der Waals surface area contributed by atoms with Crippen molar-refractivity contribution in [3.63, 3.8) is 0 Å². The number of benzene rings is 1. The van der Waals surface area contributed by atoms with E-state index in [-0.39, 0.29) is 0 Å². The molecule has 1 atom stereocenters. The lowest BCUT2D eigenvalue weighted by Crippen LogP contribution is -2.23. The molecule has 1 aliphatic rings. The molecule has 0 spiro atoms. The van der Waals surface area contributed by atoms with Crippen LogP contribution in [0.5, 0.6) is 0 Å². The summed E-state index contributed by atoms with van der Waals surface area (Å²) in [6.45, 7) is 2.17. The molecule has 3 nitrogen and oxygen atoms in total. The number of aromatic nitrogens is 2. The summed E-state index contributed by atoms with van der Waals surface area (Å²) in [6, 6.07) is 8.84. The van der Waals surface area contributed by atoms with E-state index in [1.807, 2.05) is 18.6 Å². The lowest BCUT2D eigenvalue weighted by Gasteiger charge is -2.19. The molecule has 1 aromatic carbocycles. The van der Waals surface area contributed by atoms with Crippen molar-refractivity contribution in [2.75, 3.05) is 13.1 Å². The Morgan fingerprint density at radius 3 is 3.05 bits per heavy atom. The summed E-state index contributed by atoms with van der Waals surface area (Å²) in [4.78, 5) is 4.36. The predicted molar refractivity (Wildman–Crippen MR) is 81.1 cm³/mol. The highest BCUT2D eigenvalue weighted by Crippen LogP contribution is 2.30. The fourth-order valence-corrected chi connectivity index (χ4v) is 3.20. The van der Waals surface area contributed by atoms with E-state index in [2.05, 4.69) is 49.0 Å². The van der Waals surface area contributed by atoms with Gasteiger partial charge in [0.2, 0.25) is 0 Å². The highest BCUT2D eigenvalue weighted by Gasteiger charge is 2.17. The minimum atomic E-state index is 0.507. The molecule has 1 N–H and O–H groups in total. The molecular formula is C15H18BrN3. The van der Waals surface area contributed by atoms with Crippen molar-refractivity contribution >= 4 is 15.9 Å². The van der Waals surface area contributed by atoms with Crippen LogP contribution in [0.15, 0.2) is 41.3 Å². The zero-order chi connectivity index (χ0) is 13.1. The Balaban J connectivity index is 1.96. The van der Waals surface area contributed by atoms with Gasteiger partial charge in [-0.2, -0.15) is 0 Å². The molecule has 2 heterocycles. The fraction of sp³-hybridized carbons (Fsp3) is 0.400. The summed E-state index contributed by atoms with van der Waals surface area (Å²) < 4.78 is 3.44. The Bertz CT molecular complexity index is 542. The van der Waals surface area contributed by atoms with Crippen LogP contribution in [0, 0.1) is 0 Å². The molecular weight excluding hydrogens is 302 g/mol. The predicted octanol–water partition coefficient (Wildman–Crippen LogP) is 3.63. The Morgan fingerprint density at radius 2 is 2.16 bits per heavy atom. The monoisotopic (exact) mass is 319 g/mol. The van der Waals surface area contributed by atoms with E-state index in [1.54, 1.807) is 0 Å². The molecule has 3 rings (SSSR count). The first kappa shape index (κ1) is 12.9. The highest BCUT2D eigenvalue weighted by atomic mass is 79.9. The van der Waals surface area contributed by atoms with Gasteiger partial charge in [-0.3, -0.25) is 0 Å². The molecule has 2 aromatic rings. The molecule has 0 saturated carbocycles. The minimum Gasteiger partial charge on any atom is -0.326 e. The van der Waals surface area contributed by atoms with E-state index in [0.717, 1.165) is 17.6 Å². The zero-order valence-electron chi connectivity index (χ0n) is 10.8. The van der Waals surface area contributed by atoms with Crippen LogP contribution in [-0.2, 0) is 0 Å². The Morgan fingerprint density at radius 1 is 1.26 bits per heavy atom. The second kappa shape index (κ2) is 5.88. The topological polar surface area (TPSA) is 29.9 Å². The molecule has 1 aromatic heterocycles. The smallest absolute Gasteiger partial charge is 0.0954 e. The van der Waals surface area contributed by atoms with E-state index in [4.69, 9.17) is 0 Å².